The van der Waals surface area contributed by atoms with E-state index in [1.807, 2.05) is 0 Å². The number of carbonyl (C=O) groups is 3. The third-order valence-electron chi connectivity index (χ3n) is 10.4. The van der Waals surface area contributed by atoms with E-state index < -0.39 is 17.9 Å². The maximum absolute atomic E-state index is 13.7. The van der Waals surface area contributed by atoms with Crippen LogP contribution < -0.4 is 10.6 Å². The van der Waals surface area contributed by atoms with Crippen LogP contribution in [-0.2, 0) is 22.4 Å². The summed E-state index contributed by atoms with van der Waals surface area (Å²) >= 11 is 0. The molecule has 1 aromatic carbocycles. The highest BCUT2D eigenvalue weighted by molar-refractivity contribution is 6.03. The number of nitrogens with one attached hydrogen (secondary N) is 3. The molecule has 4 N–H and O–H groups in total. The molecule has 1 heterocycles. The van der Waals surface area contributed by atoms with Crippen LogP contribution in [0.1, 0.15) is 117 Å². The quantitative estimate of drug-likeness (QED) is 0.284. The Morgan fingerprint density at radius 2 is 1.73 bits per heavy atom. The summed E-state index contributed by atoms with van der Waals surface area (Å²) in [6, 6.07) is 6.15. The number of rotatable bonds is 10. The van der Waals surface area contributed by atoms with Gasteiger partial charge in [-0.25, -0.2) is 9.78 Å². The number of carbonyl (C=O) groups excluding carboxylic acids is 2. The average Bonchev–Trinajstić information content (AvgIpc) is 3.36. The zero-order chi connectivity index (χ0) is 28.6. The molecule has 5 aliphatic carbocycles. The molecule has 1 atom stereocenters. The second kappa shape index (κ2) is 11.6. The first-order chi connectivity index (χ1) is 19.7. The number of hydrogen-bond donors (Lipinski definition) is 4. The van der Waals surface area contributed by atoms with E-state index in [0.29, 0.717) is 22.7 Å². The summed E-state index contributed by atoms with van der Waals surface area (Å²) in [7, 11) is 0. The molecule has 41 heavy (non-hydrogen) atoms. The number of carboxylic acid groups (broad SMARTS) is 1. The Bertz CT molecular complexity index is 1260. The third kappa shape index (κ3) is 6.36. The van der Waals surface area contributed by atoms with Crippen LogP contribution in [0.4, 0.5) is 5.69 Å². The lowest BCUT2D eigenvalue weighted by molar-refractivity contribution is -0.141. The van der Waals surface area contributed by atoms with E-state index in [2.05, 4.69) is 15.6 Å². The topological polar surface area (TPSA) is 124 Å². The first-order valence-corrected chi connectivity index (χ1v) is 15.7. The van der Waals surface area contributed by atoms with Crippen molar-refractivity contribution in [1.29, 1.82) is 0 Å². The fraction of sp³-hybridized carbons (Fsp3) is 0.636. The lowest BCUT2D eigenvalue weighted by Gasteiger charge is -2.57. The van der Waals surface area contributed by atoms with Crippen LogP contribution >= 0.6 is 0 Å². The smallest absolute Gasteiger partial charge is 0.326 e. The number of hydrogen-bond acceptors (Lipinski definition) is 4. The minimum atomic E-state index is -1.09. The highest BCUT2D eigenvalue weighted by Gasteiger charge is 2.50. The summed E-state index contributed by atoms with van der Waals surface area (Å²) in [6.07, 6.45) is 16.4. The first kappa shape index (κ1) is 28.0. The average molecular weight is 561 g/mol. The molecule has 7 rings (SSSR count). The number of aromatic nitrogens is 2. The molecule has 1 aromatic heterocycles. The van der Waals surface area contributed by atoms with Crippen LogP contribution in [0.5, 0.6) is 0 Å². The van der Waals surface area contributed by atoms with Gasteiger partial charge in [-0.1, -0.05) is 31.4 Å². The molecule has 0 spiro atoms. The molecular formula is C33H44N4O4. The second-order valence-corrected chi connectivity index (χ2v) is 13.7. The molecule has 220 valence electrons. The summed E-state index contributed by atoms with van der Waals surface area (Å²) in [5.41, 5.74) is 3.21. The summed E-state index contributed by atoms with van der Waals surface area (Å²) in [5.74, 6) is 2.35. The molecule has 2 aromatic rings. The van der Waals surface area contributed by atoms with E-state index in [1.165, 1.54) is 64.7 Å². The van der Waals surface area contributed by atoms with Gasteiger partial charge in [-0.05, 0) is 105 Å². The Hall–Kier alpha value is -3.16. The van der Waals surface area contributed by atoms with Crippen LogP contribution in [0.3, 0.4) is 0 Å². The SMILES string of the molecule is CC(=O)NC(Cc1cccc(NC(=O)c2nc(C3CCCCC3)[nH]c2CCC23CC4CC(CC(C4)C2)C3)c1)C(=O)O. The number of nitrogens with zero attached hydrogens (tertiary/aromatic N) is 1. The molecule has 0 radical (unpaired) electrons. The van der Waals surface area contributed by atoms with Gasteiger partial charge in [-0.2, -0.15) is 0 Å². The van der Waals surface area contributed by atoms with Crippen LogP contribution in [0.2, 0.25) is 0 Å². The van der Waals surface area contributed by atoms with Gasteiger partial charge >= 0.3 is 5.97 Å². The van der Waals surface area contributed by atoms with Crippen molar-refractivity contribution < 1.29 is 19.5 Å². The number of carboxylic acids is 1. The Kier molecular flexibility index (Phi) is 7.92. The summed E-state index contributed by atoms with van der Waals surface area (Å²) < 4.78 is 0. The molecule has 0 aliphatic heterocycles. The number of aliphatic carboxylic acids is 1. The van der Waals surface area contributed by atoms with E-state index in [0.717, 1.165) is 60.5 Å². The van der Waals surface area contributed by atoms with Crippen molar-refractivity contribution >= 4 is 23.5 Å². The summed E-state index contributed by atoms with van der Waals surface area (Å²) in [4.78, 5) is 45.3. The van der Waals surface area contributed by atoms with Gasteiger partial charge in [0.05, 0.1) is 0 Å². The van der Waals surface area contributed by atoms with Crippen molar-refractivity contribution in [3.8, 4) is 0 Å². The number of amides is 2. The Labute approximate surface area is 242 Å². The van der Waals surface area contributed by atoms with Crippen molar-refractivity contribution in [3.05, 3.63) is 47.0 Å². The van der Waals surface area contributed by atoms with Gasteiger partial charge in [-0.3, -0.25) is 9.59 Å². The zero-order valence-electron chi connectivity index (χ0n) is 24.2. The van der Waals surface area contributed by atoms with Crippen molar-refractivity contribution in [1.82, 2.24) is 15.3 Å². The molecule has 5 aliphatic rings. The van der Waals surface area contributed by atoms with E-state index >= 15 is 0 Å². The third-order valence-corrected chi connectivity index (χ3v) is 10.4. The molecule has 0 saturated heterocycles. The Morgan fingerprint density at radius 1 is 1.05 bits per heavy atom. The van der Waals surface area contributed by atoms with Crippen molar-refractivity contribution in [2.24, 2.45) is 23.2 Å². The van der Waals surface area contributed by atoms with Crippen LogP contribution in [-0.4, -0.2) is 38.9 Å². The minimum Gasteiger partial charge on any atom is -0.480 e. The maximum Gasteiger partial charge on any atom is 0.326 e. The molecule has 2 amide bonds. The molecule has 4 bridgehead atoms. The lowest BCUT2D eigenvalue weighted by atomic mass is 9.48. The molecule has 5 fully saturated rings. The molecule has 8 nitrogen and oxygen atoms in total. The monoisotopic (exact) mass is 560 g/mol. The minimum absolute atomic E-state index is 0.128. The number of aryl methyl sites for hydroxylation is 1. The molecule has 1 unspecified atom stereocenters. The van der Waals surface area contributed by atoms with Crippen molar-refractivity contribution in [2.75, 3.05) is 5.32 Å². The molecule has 8 heteroatoms. The van der Waals surface area contributed by atoms with Gasteiger partial charge in [0.2, 0.25) is 5.91 Å². The fourth-order valence-corrected chi connectivity index (χ4v) is 9.00. The zero-order valence-corrected chi connectivity index (χ0v) is 24.2. The number of H-pyrrole nitrogens is 1. The molecule has 5 saturated carbocycles. The standard InChI is InChI=1S/C33H44N4O4/c1-20(38)34-28(32(40)41)16-21-6-5-9-26(15-21)35-31(39)29-27(36-30(37-29)25-7-3-2-4-8-25)10-11-33-17-22-12-23(18-33)14-24(13-22)19-33/h5-6,9,15,22-25,28H,2-4,7-8,10-14,16-19H2,1H3,(H,34,38)(H,35,39)(H,36,37)(H,40,41). The largest absolute Gasteiger partial charge is 0.480 e. The number of benzene rings is 1. The van der Waals surface area contributed by atoms with Crippen LogP contribution in [0, 0.1) is 23.2 Å². The number of aromatic amines is 1. The van der Waals surface area contributed by atoms with Crippen molar-refractivity contribution in [2.45, 2.75) is 109 Å². The Morgan fingerprint density at radius 3 is 2.37 bits per heavy atom. The van der Waals surface area contributed by atoms with Gasteiger partial charge in [0.15, 0.2) is 0 Å². The first-order valence-electron chi connectivity index (χ1n) is 15.7. The van der Waals surface area contributed by atoms with Gasteiger partial charge in [0.25, 0.3) is 5.91 Å². The van der Waals surface area contributed by atoms with Gasteiger partial charge < -0.3 is 20.7 Å². The van der Waals surface area contributed by atoms with Gasteiger partial charge in [-0.15, -0.1) is 0 Å². The normalized spacial score (nSPS) is 27.9. The lowest BCUT2D eigenvalue weighted by Crippen LogP contribution is -2.46. The van der Waals surface area contributed by atoms with E-state index in [9.17, 15) is 19.5 Å². The van der Waals surface area contributed by atoms with Crippen molar-refractivity contribution in [3.63, 3.8) is 0 Å². The maximum atomic E-state index is 13.7. The second-order valence-electron chi connectivity index (χ2n) is 13.7. The summed E-state index contributed by atoms with van der Waals surface area (Å²) in [5, 5.41) is 15.0. The molecular weight excluding hydrogens is 516 g/mol. The number of imidazole rings is 1. The van der Waals surface area contributed by atoms with Crippen LogP contribution in [0.25, 0.3) is 0 Å². The predicted molar refractivity (Wildman–Crippen MR) is 157 cm³/mol. The van der Waals surface area contributed by atoms with Crippen LogP contribution in [0.15, 0.2) is 24.3 Å². The predicted octanol–water partition coefficient (Wildman–Crippen LogP) is 5.99. The highest BCUT2D eigenvalue weighted by Crippen LogP contribution is 2.61. The Balaban J connectivity index is 1.19. The van der Waals surface area contributed by atoms with Gasteiger partial charge in [0.1, 0.15) is 17.6 Å². The van der Waals surface area contributed by atoms with Gasteiger partial charge in [0, 0.05) is 30.6 Å². The highest BCUT2D eigenvalue weighted by atomic mass is 16.4. The van der Waals surface area contributed by atoms with E-state index in [1.54, 1.807) is 24.3 Å². The summed E-state index contributed by atoms with van der Waals surface area (Å²) in [6.45, 7) is 1.30. The number of anilines is 1. The fourth-order valence-electron chi connectivity index (χ4n) is 9.00. The van der Waals surface area contributed by atoms with E-state index in [4.69, 9.17) is 4.98 Å². The van der Waals surface area contributed by atoms with E-state index in [-0.39, 0.29) is 12.3 Å².